The molecule has 1 aromatic rings. The van der Waals surface area contributed by atoms with E-state index in [1.54, 1.807) is 17.0 Å². The Morgan fingerprint density at radius 2 is 2.11 bits per heavy atom. The summed E-state index contributed by atoms with van der Waals surface area (Å²) in [6, 6.07) is 9.01. The Hall–Kier alpha value is -1.39. The van der Waals surface area contributed by atoms with E-state index in [-0.39, 0.29) is 11.9 Å². The third-order valence-electron chi connectivity index (χ3n) is 3.68. The van der Waals surface area contributed by atoms with Gasteiger partial charge in [-0.1, -0.05) is 37.3 Å². The number of hydrogen-bond acceptors (Lipinski definition) is 3. The fourth-order valence-electron chi connectivity index (χ4n) is 2.25. The molecule has 98 valence electrons. The molecule has 1 fully saturated rings. The highest BCUT2D eigenvalue weighted by atomic mass is 16.3. The van der Waals surface area contributed by atoms with Crippen molar-refractivity contribution in [3.8, 4) is 0 Å². The summed E-state index contributed by atoms with van der Waals surface area (Å²) in [5.74, 6) is 0.187. The summed E-state index contributed by atoms with van der Waals surface area (Å²) < 4.78 is 0. The molecule has 3 N–H and O–H groups in total. The molecular weight excluding hydrogens is 228 g/mol. The minimum Gasteiger partial charge on any atom is -0.378 e. The van der Waals surface area contributed by atoms with Gasteiger partial charge in [0.15, 0.2) is 6.10 Å². The standard InChI is InChI=1S/C14H20N2O2/c1-10-7-8-16(9-12(10)15)14(18)13(17)11-5-3-2-4-6-11/h2-6,10,12-13,17H,7-9,15H2,1H3. The Morgan fingerprint density at radius 3 is 2.72 bits per heavy atom. The van der Waals surface area contributed by atoms with Crippen LogP contribution in [0, 0.1) is 5.92 Å². The fourth-order valence-corrected chi connectivity index (χ4v) is 2.25. The van der Waals surface area contributed by atoms with Crippen LogP contribution in [-0.4, -0.2) is 35.0 Å². The van der Waals surface area contributed by atoms with Gasteiger partial charge in [0.25, 0.3) is 5.91 Å². The Morgan fingerprint density at radius 1 is 1.44 bits per heavy atom. The van der Waals surface area contributed by atoms with Gasteiger partial charge in [-0.05, 0) is 17.9 Å². The van der Waals surface area contributed by atoms with Crippen molar-refractivity contribution in [3.63, 3.8) is 0 Å². The largest absolute Gasteiger partial charge is 0.378 e. The molecule has 0 saturated carbocycles. The Bertz CT molecular complexity index is 408. The zero-order chi connectivity index (χ0) is 13.1. The lowest BCUT2D eigenvalue weighted by Crippen LogP contribution is -2.50. The molecule has 3 unspecified atom stereocenters. The molecule has 3 atom stereocenters. The van der Waals surface area contributed by atoms with Crippen molar-refractivity contribution in [2.24, 2.45) is 11.7 Å². The number of carbonyl (C=O) groups is 1. The van der Waals surface area contributed by atoms with E-state index in [2.05, 4.69) is 6.92 Å². The van der Waals surface area contributed by atoms with E-state index >= 15 is 0 Å². The van der Waals surface area contributed by atoms with E-state index < -0.39 is 6.10 Å². The van der Waals surface area contributed by atoms with Crippen molar-refractivity contribution in [1.82, 2.24) is 4.90 Å². The quantitative estimate of drug-likeness (QED) is 0.817. The van der Waals surface area contributed by atoms with Gasteiger partial charge >= 0.3 is 0 Å². The molecule has 4 nitrogen and oxygen atoms in total. The van der Waals surface area contributed by atoms with Gasteiger partial charge in [0.2, 0.25) is 0 Å². The Balaban J connectivity index is 2.03. The highest BCUT2D eigenvalue weighted by Crippen LogP contribution is 2.20. The Labute approximate surface area is 107 Å². The number of nitrogens with zero attached hydrogens (tertiary/aromatic N) is 1. The van der Waals surface area contributed by atoms with Crippen LogP contribution in [0.1, 0.15) is 25.0 Å². The van der Waals surface area contributed by atoms with Gasteiger partial charge in [0, 0.05) is 19.1 Å². The topological polar surface area (TPSA) is 66.6 Å². The third-order valence-corrected chi connectivity index (χ3v) is 3.68. The number of hydrogen-bond donors (Lipinski definition) is 2. The van der Waals surface area contributed by atoms with E-state index in [0.717, 1.165) is 6.42 Å². The molecule has 1 heterocycles. The van der Waals surface area contributed by atoms with Gasteiger partial charge in [-0.25, -0.2) is 0 Å². The van der Waals surface area contributed by atoms with E-state index in [9.17, 15) is 9.90 Å². The summed E-state index contributed by atoms with van der Waals surface area (Å²) in [5, 5.41) is 10.1. The lowest BCUT2D eigenvalue weighted by molar-refractivity contribution is -0.142. The number of amides is 1. The zero-order valence-electron chi connectivity index (χ0n) is 10.6. The van der Waals surface area contributed by atoms with Gasteiger partial charge in [-0.15, -0.1) is 0 Å². The van der Waals surface area contributed by atoms with Gasteiger partial charge in [0.05, 0.1) is 0 Å². The summed E-state index contributed by atoms with van der Waals surface area (Å²) >= 11 is 0. The molecule has 0 bridgehead atoms. The fraction of sp³-hybridized carbons (Fsp3) is 0.500. The van der Waals surface area contributed by atoms with Crippen molar-refractivity contribution in [3.05, 3.63) is 35.9 Å². The average Bonchev–Trinajstić information content (AvgIpc) is 2.41. The highest BCUT2D eigenvalue weighted by molar-refractivity contribution is 5.82. The van der Waals surface area contributed by atoms with E-state index in [1.807, 2.05) is 18.2 Å². The first-order chi connectivity index (χ1) is 8.59. The molecule has 1 aliphatic heterocycles. The summed E-state index contributed by atoms with van der Waals surface area (Å²) in [7, 11) is 0. The number of aliphatic hydroxyl groups excluding tert-OH is 1. The first kappa shape index (κ1) is 13.1. The van der Waals surface area contributed by atoms with Crippen LogP contribution in [0.4, 0.5) is 0 Å². The van der Waals surface area contributed by atoms with Crippen molar-refractivity contribution >= 4 is 5.91 Å². The number of likely N-dealkylation sites (tertiary alicyclic amines) is 1. The molecule has 0 radical (unpaired) electrons. The SMILES string of the molecule is CC1CCN(C(=O)C(O)c2ccccc2)CC1N. The van der Waals surface area contributed by atoms with Crippen LogP contribution < -0.4 is 5.73 Å². The second kappa shape index (κ2) is 5.50. The molecule has 1 saturated heterocycles. The summed E-state index contributed by atoms with van der Waals surface area (Å²) in [6.07, 6.45) is -0.180. The number of piperidine rings is 1. The van der Waals surface area contributed by atoms with Crippen molar-refractivity contribution < 1.29 is 9.90 Å². The number of benzene rings is 1. The number of rotatable bonds is 2. The Kier molecular flexibility index (Phi) is 3.99. The normalized spacial score (nSPS) is 25.8. The molecule has 2 rings (SSSR count). The summed E-state index contributed by atoms with van der Waals surface area (Å²) in [6.45, 7) is 3.31. The molecule has 0 aromatic heterocycles. The summed E-state index contributed by atoms with van der Waals surface area (Å²) in [5.41, 5.74) is 6.60. The van der Waals surface area contributed by atoms with Crippen LogP contribution in [0.5, 0.6) is 0 Å². The minimum atomic E-state index is -1.08. The van der Waals surface area contributed by atoms with Crippen LogP contribution in [-0.2, 0) is 4.79 Å². The van der Waals surface area contributed by atoms with Crippen LogP contribution in [0.3, 0.4) is 0 Å². The maximum atomic E-state index is 12.2. The third kappa shape index (κ3) is 2.71. The van der Waals surface area contributed by atoms with Gasteiger partial charge in [0.1, 0.15) is 0 Å². The van der Waals surface area contributed by atoms with E-state index in [0.29, 0.717) is 24.6 Å². The maximum absolute atomic E-state index is 12.2. The number of nitrogens with two attached hydrogens (primary N) is 1. The van der Waals surface area contributed by atoms with Crippen LogP contribution >= 0.6 is 0 Å². The lowest BCUT2D eigenvalue weighted by Gasteiger charge is -2.36. The minimum absolute atomic E-state index is 0.00525. The monoisotopic (exact) mass is 248 g/mol. The molecule has 0 spiro atoms. The molecule has 0 aliphatic carbocycles. The zero-order valence-corrected chi connectivity index (χ0v) is 10.6. The van der Waals surface area contributed by atoms with E-state index in [4.69, 9.17) is 5.73 Å². The van der Waals surface area contributed by atoms with E-state index in [1.165, 1.54) is 0 Å². The lowest BCUT2D eigenvalue weighted by atomic mass is 9.93. The summed E-state index contributed by atoms with van der Waals surface area (Å²) in [4.78, 5) is 13.8. The smallest absolute Gasteiger partial charge is 0.256 e. The predicted octanol–water partition coefficient (Wildman–Crippen LogP) is 0.916. The van der Waals surface area contributed by atoms with Crippen molar-refractivity contribution in [2.45, 2.75) is 25.5 Å². The molecule has 1 aromatic carbocycles. The van der Waals surface area contributed by atoms with Gasteiger partial charge in [-0.3, -0.25) is 4.79 Å². The van der Waals surface area contributed by atoms with Gasteiger partial charge < -0.3 is 15.7 Å². The van der Waals surface area contributed by atoms with Crippen molar-refractivity contribution in [2.75, 3.05) is 13.1 Å². The van der Waals surface area contributed by atoms with Crippen LogP contribution in [0.2, 0.25) is 0 Å². The second-order valence-corrected chi connectivity index (χ2v) is 5.03. The number of aliphatic hydroxyl groups is 1. The van der Waals surface area contributed by atoms with Crippen LogP contribution in [0.25, 0.3) is 0 Å². The second-order valence-electron chi connectivity index (χ2n) is 5.03. The number of carbonyl (C=O) groups excluding carboxylic acids is 1. The van der Waals surface area contributed by atoms with Crippen LogP contribution in [0.15, 0.2) is 30.3 Å². The molecule has 18 heavy (non-hydrogen) atoms. The highest BCUT2D eigenvalue weighted by Gasteiger charge is 2.30. The average molecular weight is 248 g/mol. The maximum Gasteiger partial charge on any atom is 0.256 e. The van der Waals surface area contributed by atoms with Gasteiger partial charge in [-0.2, -0.15) is 0 Å². The first-order valence-corrected chi connectivity index (χ1v) is 6.37. The molecule has 1 aliphatic rings. The molecule has 1 amide bonds. The molecule has 4 heteroatoms. The molecular formula is C14H20N2O2. The predicted molar refractivity (Wildman–Crippen MR) is 69.7 cm³/mol. The van der Waals surface area contributed by atoms with Crippen molar-refractivity contribution in [1.29, 1.82) is 0 Å². The first-order valence-electron chi connectivity index (χ1n) is 6.37.